The van der Waals surface area contributed by atoms with Gasteiger partial charge < -0.3 is 0 Å². The molecule has 0 N–H and O–H groups in total. The fourth-order valence-electron chi connectivity index (χ4n) is 3.75. The molecular weight excluding hydrogens is 322 g/mol. The van der Waals surface area contributed by atoms with Gasteiger partial charge in [0.1, 0.15) is 0 Å². The third-order valence-electron chi connectivity index (χ3n) is 4.83. The summed E-state index contributed by atoms with van der Waals surface area (Å²) in [6, 6.07) is 21.3. The third kappa shape index (κ3) is 2.62. The topological polar surface area (TPSA) is 37.4 Å². The maximum Gasteiger partial charge on any atom is 0.261 e. The Balaban J connectivity index is 1.78. The van der Waals surface area contributed by atoms with E-state index in [4.69, 9.17) is 0 Å². The molecule has 0 aromatic heterocycles. The minimum absolute atomic E-state index is 0.219. The molecular formula is C23H19NO2. The van der Waals surface area contributed by atoms with E-state index in [0.717, 1.165) is 27.8 Å². The van der Waals surface area contributed by atoms with Gasteiger partial charge in [0.25, 0.3) is 11.8 Å². The largest absolute Gasteiger partial charge is 0.270 e. The summed E-state index contributed by atoms with van der Waals surface area (Å²) in [5.74, 6) is -0.437. The maximum absolute atomic E-state index is 12.7. The standard InChI is InChI=1S/C23H19NO2/c1-15-12-16(2)21(17-8-4-3-5-9-17)18(13-15)14-24-22(25)19-10-6-7-11-20(19)23(24)26/h3-13H,14H2,1-2H3. The zero-order valence-corrected chi connectivity index (χ0v) is 14.8. The number of carbonyl (C=O) groups excluding carboxylic acids is 2. The molecule has 128 valence electrons. The maximum atomic E-state index is 12.7. The molecule has 26 heavy (non-hydrogen) atoms. The van der Waals surface area contributed by atoms with Crippen molar-refractivity contribution in [1.82, 2.24) is 4.90 Å². The molecule has 0 bridgehead atoms. The van der Waals surface area contributed by atoms with Crippen LogP contribution in [0.4, 0.5) is 0 Å². The minimum atomic E-state index is -0.219. The van der Waals surface area contributed by atoms with E-state index in [-0.39, 0.29) is 18.4 Å². The number of rotatable bonds is 3. The number of nitrogens with zero attached hydrogens (tertiary/aromatic N) is 1. The molecule has 1 aliphatic heterocycles. The molecule has 3 nitrogen and oxygen atoms in total. The summed E-state index contributed by atoms with van der Waals surface area (Å²) in [5.41, 5.74) is 6.41. The highest BCUT2D eigenvalue weighted by Gasteiger charge is 2.35. The van der Waals surface area contributed by atoms with E-state index < -0.39 is 0 Å². The number of aryl methyl sites for hydroxylation is 2. The lowest BCUT2D eigenvalue weighted by molar-refractivity contribution is 0.0642. The summed E-state index contributed by atoms with van der Waals surface area (Å²) >= 11 is 0. The Hall–Kier alpha value is -3.20. The number of hydrogen-bond donors (Lipinski definition) is 0. The van der Waals surface area contributed by atoms with Crippen LogP contribution in [0.25, 0.3) is 11.1 Å². The summed E-state index contributed by atoms with van der Waals surface area (Å²) in [5, 5.41) is 0. The predicted molar refractivity (Wildman–Crippen MR) is 102 cm³/mol. The second kappa shape index (κ2) is 6.26. The highest BCUT2D eigenvalue weighted by atomic mass is 16.2. The lowest BCUT2D eigenvalue weighted by atomic mass is 9.93. The Morgan fingerprint density at radius 3 is 1.96 bits per heavy atom. The molecule has 3 aromatic carbocycles. The van der Waals surface area contributed by atoms with Crippen LogP contribution in [0, 0.1) is 13.8 Å². The van der Waals surface area contributed by atoms with E-state index in [1.54, 1.807) is 24.3 Å². The van der Waals surface area contributed by atoms with Gasteiger partial charge >= 0.3 is 0 Å². The number of imide groups is 1. The second-order valence-electron chi connectivity index (χ2n) is 6.72. The van der Waals surface area contributed by atoms with Crippen LogP contribution in [-0.2, 0) is 6.54 Å². The highest BCUT2D eigenvalue weighted by Crippen LogP contribution is 2.32. The first kappa shape index (κ1) is 16.3. The Labute approximate surface area is 152 Å². The minimum Gasteiger partial charge on any atom is -0.270 e. The van der Waals surface area contributed by atoms with Crippen LogP contribution in [0.5, 0.6) is 0 Å². The lowest BCUT2D eigenvalue weighted by Crippen LogP contribution is -2.29. The van der Waals surface area contributed by atoms with E-state index >= 15 is 0 Å². The van der Waals surface area contributed by atoms with Gasteiger partial charge in [0.15, 0.2) is 0 Å². The van der Waals surface area contributed by atoms with E-state index in [2.05, 4.69) is 31.2 Å². The molecule has 3 heteroatoms. The Bertz CT molecular complexity index is 987. The van der Waals surface area contributed by atoms with Crippen molar-refractivity contribution in [3.05, 3.63) is 94.5 Å². The number of fused-ring (bicyclic) bond motifs is 1. The molecule has 0 fully saturated rings. The van der Waals surface area contributed by atoms with Gasteiger partial charge in [0.2, 0.25) is 0 Å². The van der Waals surface area contributed by atoms with Crippen molar-refractivity contribution in [1.29, 1.82) is 0 Å². The van der Waals surface area contributed by atoms with Gasteiger partial charge in [-0.25, -0.2) is 0 Å². The Kier molecular flexibility index (Phi) is 3.92. The van der Waals surface area contributed by atoms with E-state index in [9.17, 15) is 9.59 Å². The summed E-state index contributed by atoms with van der Waals surface area (Å²) in [6.45, 7) is 4.38. The lowest BCUT2D eigenvalue weighted by Gasteiger charge is -2.19. The smallest absolute Gasteiger partial charge is 0.261 e. The normalized spacial score (nSPS) is 13.2. The fourth-order valence-corrected chi connectivity index (χ4v) is 3.75. The molecule has 0 aliphatic carbocycles. The first-order chi connectivity index (χ1) is 12.6. The molecule has 2 amide bonds. The van der Waals surface area contributed by atoms with Crippen molar-refractivity contribution < 1.29 is 9.59 Å². The monoisotopic (exact) mass is 341 g/mol. The fraction of sp³-hybridized carbons (Fsp3) is 0.130. The summed E-state index contributed by atoms with van der Waals surface area (Å²) < 4.78 is 0. The SMILES string of the molecule is Cc1cc(C)c(-c2ccccc2)c(CN2C(=O)c3ccccc3C2=O)c1. The molecule has 3 aromatic rings. The van der Waals surface area contributed by atoms with E-state index in [1.165, 1.54) is 4.90 Å². The van der Waals surface area contributed by atoms with Crippen LogP contribution in [0.1, 0.15) is 37.4 Å². The molecule has 0 atom stereocenters. The van der Waals surface area contributed by atoms with E-state index in [0.29, 0.717) is 11.1 Å². The van der Waals surface area contributed by atoms with Crippen molar-refractivity contribution in [2.45, 2.75) is 20.4 Å². The van der Waals surface area contributed by atoms with E-state index in [1.807, 2.05) is 25.1 Å². The van der Waals surface area contributed by atoms with Crippen LogP contribution < -0.4 is 0 Å². The quantitative estimate of drug-likeness (QED) is 0.644. The average Bonchev–Trinajstić information content (AvgIpc) is 2.87. The first-order valence-corrected chi connectivity index (χ1v) is 8.67. The van der Waals surface area contributed by atoms with Crippen LogP contribution in [0.15, 0.2) is 66.7 Å². The Morgan fingerprint density at radius 1 is 0.769 bits per heavy atom. The van der Waals surface area contributed by atoms with Gasteiger partial charge in [-0.05, 0) is 48.2 Å². The molecule has 0 unspecified atom stereocenters. The van der Waals surface area contributed by atoms with Gasteiger partial charge in [0.05, 0.1) is 17.7 Å². The first-order valence-electron chi connectivity index (χ1n) is 8.67. The predicted octanol–water partition coefficient (Wildman–Crippen LogP) is 4.77. The molecule has 4 rings (SSSR count). The second-order valence-corrected chi connectivity index (χ2v) is 6.72. The highest BCUT2D eigenvalue weighted by molar-refractivity contribution is 6.21. The van der Waals surface area contributed by atoms with Crippen LogP contribution in [0.2, 0.25) is 0 Å². The number of carbonyl (C=O) groups is 2. The van der Waals surface area contributed by atoms with Crippen LogP contribution >= 0.6 is 0 Å². The summed E-state index contributed by atoms with van der Waals surface area (Å²) in [7, 11) is 0. The van der Waals surface area contributed by atoms with Gasteiger partial charge in [-0.3, -0.25) is 14.5 Å². The summed E-state index contributed by atoms with van der Waals surface area (Å²) in [4.78, 5) is 26.8. The number of amides is 2. The summed E-state index contributed by atoms with van der Waals surface area (Å²) in [6.07, 6.45) is 0. The number of benzene rings is 3. The van der Waals surface area contributed by atoms with Crippen molar-refractivity contribution >= 4 is 11.8 Å². The average molecular weight is 341 g/mol. The van der Waals surface area contributed by atoms with Gasteiger partial charge in [0, 0.05) is 0 Å². The zero-order valence-electron chi connectivity index (χ0n) is 14.8. The van der Waals surface area contributed by atoms with Gasteiger partial charge in [-0.1, -0.05) is 60.2 Å². The van der Waals surface area contributed by atoms with Crippen molar-refractivity contribution in [3.8, 4) is 11.1 Å². The Morgan fingerprint density at radius 2 is 1.35 bits per heavy atom. The van der Waals surface area contributed by atoms with Crippen LogP contribution in [0.3, 0.4) is 0 Å². The number of hydrogen-bond acceptors (Lipinski definition) is 2. The third-order valence-corrected chi connectivity index (χ3v) is 4.83. The van der Waals surface area contributed by atoms with Gasteiger partial charge in [-0.2, -0.15) is 0 Å². The van der Waals surface area contributed by atoms with Crippen molar-refractivity contribution in [2.75, 3.05) is 0 Å². The molecule has 0 spiro atoms. The molecule has 0 saturated carbocycles. The van der Waals surface area contributed by atoms with Crippen molar-refractivity contribution in [3.63, 3.8) is 0 Å². The van der Waals surface area contributed by atoms with Crippen LogP contribution in [-0.4, -0.2) is 16.7 Å². The molecule has 0 radical (unpaired) electrons. The molecule has 1 aliphatic rings. The molecule has 0 saturated heterocycles. The van der Waals surface area contributed by atoms with Crippen molar-refractivity contribution in [2.24, 2.45) is 0 Å². The molecule has 1 heterocycles. The van der Waals surface area contributed by atoms with Gasteiger partial charge in [-0.15, -0.1) is 0 Å². The zero-order chi connectivity index (χ0) is 18.3.